The second kappa shape index (κ2) is 7.51. The zero-order chi connectivity index (χ0) is 20.8. The summed E-state index contributed by atoms with van der Waals surface area (Å²) in [6.07, 6.45) is 5.10. The first-order chi connectivity index (χ1) is 14.5. The Morgan fingerprint density at radius 3 is 2.73 bits per heavy atom. The van der Waals surface area contributed by atoms with Gasteiger partial charge in [0.1, 0.15) is 17.4 Å². The molecule has 1 N–H and O–H groups in total. The van der Waals surface area contributed by atoms with Gasteiger partial charge in [-0.05, 0) is 67.0 Å². The second-order valence-electron chi connectivity index (χ2n) is 8.23. The number of halogens is 2. The number of rotatable bonds is 5. The van der Waals surface area contributed by atoms with Gasteiger partial charge in [-0.2, -0.15) is 0 Å². The third-order valence-corrected chi connectivity index (χ3v) is 6.62. The van der Waals surface area contributed by atoms with Crippen LogP contribution in [0.25, 0.3) is 10.9 Å². The Balaban J connectivity index is 1.20. The highest BCUT2D eigenvalue weighted by molar-refractivity contribution is 6.30. The number of carbonyl (C=O) groups excluding carboxylic acids is 1. The third kappa shape index (κ3) is 3.60. The minimum absolute atomic E-state index is 0.0164. The third-order valence-electron chi connectivity index (χ3n) is 6.39. The van der Waals surface area contributed by atoms with E-state index in [1.54, 1.807) is 30.5 Å². The number of hydrogen-bond acceptors (Lipinski definition) is 4. The van der Waals surface area contributed by atoms with E-state index in [0.29, 0.717) is 39.7 Å². The summed E-state index contributed by atoms with van der Waals surface area (Å²) in [4.78, 5) is 21.0. The van der Waals surface area contributed by atoms with Crippen molar-refractivity contribution in [1.82, 2.24) is 9.97 Å². The Morgan fingerprint density at radius 2 is 2.00 bits per heavy atom. The molecule has 0 radical (unpaired) electrons. The highest BCUT2D eigenvalue weighted by Gasteiger charge is 2.59. The van der Waals surface area contributed by atoms with Crippen LogP contribution in [0.3, 0.4) is 0 Å². The van der Waals surface area contributed by atoms with Gasteiger partial charge in [0.05, 0.1) is 16.6 Å². The molecule has 1 amide bonds. The van der Waals surface area contributed by atoms with E-state index in [0.717, 1.165) is 18.4 Å². The van der Waals surface area contributed by atoms with Crippen LogP contribution < -0.4 is 10.1 Å². The first kappa shape index (κ1) is 19.2. The molecule has 0 spiro atoms. The molecule has 3 aromatic rings. The van der Waals surface area contributed by atoms with E-state index < -0.39 is 0 Å². The molecule has 2 heterocycles. The maximum absolute atomic E-state index is 13.7. The Bertz CT molecular complexity index is 1100. The molecule has 2 aliphatic rings. The molecule has 2 aromatic heterocycles. The summed E-state index contributed by atoms with van der Waals surface area (Å²) in [5, 5.41) is 4.10. The van der Waals surface area contributed by atoms with Crippen LogP contribution >= 0.6 is 11.6 Å². The molecular weight excluding hydrogens is 405 g/mol. The van der Waals surface area contributed by atoms with Crippen LogP contribution in [0.15, 0.2) is 48.8 Å². The smallest absolute Gasteiger partial charge is 0.228 e. The number of pyridine rings is 2. The van der Waals surface area contributed by atoms with Crippen LogP contribution in [0.1, 0.15) is 19.8 Å². The summed E-state index contributed by atoms with van der Waals surface area (Å²) in [5.74, 6) is 2.11. The summed E-state index contributed by atoms with van der Waals surface area (Å²) in [7, 11) is 0. The number of aromatic nitrogens is 2. The van der Waals surface area contributed by atoms with E-state index in [1.165, 1.54) is 18.3 Å². The van der Waals surface area contributed by atoms with Gasteiger partial charge in [-0.15, -0.1) is 0 Å². The quantitative estimate of drug-likeness (QED) is 0.617. The average Bonchev–Trinajstić information content (AvgIpc) is 3.24. The van der Waals surface area contributed by atoms with Gasteiger partial charge < -0.3 is 10.1 Å². The van der Waals surface area contributed by atoms with Gasteiger partial charge in [-0.3, -0.25) is 9.78 Å². The molecule has 30 heavy (non-hydrogen) atoms. The summed E-state index contributed by atoms with van der Waals surface area (Å²) in [6, 6.07) is 9.73. The Labute approximate surface area is 178 Å². The lowest BCUT2D eigenvalue weighted by atomic mass is 9.97. The van der Waals surface area contributed by atoms with E-state index in [4.69, 9.17) is 16.3 Å². The molecule has 5 atom stereocenters. The van der Waals surface area contributed by atoms with Crippen LogP contribution in [-0.2, 0) is 4.79 Å². The number of hydrogen-bond donors (Lipinski definition) is 1. The molecule has 2 saturated carbocycles. The lowest BCUT2D eigenvalue weighted by Gasteiger charge is -2.20. The molecule has 5 nitrogen and oxygen atoms in total. The van der Waals surface area contributed by atoms with Crippen molar-refractivity contribution >= 4 is 34.2 Å². The van der Waals surface area contributed by atoms with Crippen LogP contribution in [0.5, 0.6) is 5.75 Å². The van der Waals surface area contributed by atoms with Gasteiger partial charge in [0, 0.05) is 23.7 Å². The van der Waals surface area contributed by atoms with Crippen molar-refractivity contribution in [2.75, 3.05) is 5.32 Å². The maximum Gasteiger partial charge on any atom is 0.228 e. The zero-order valence-corrected chi connectivity index (χ0v) is 17.1. The fourth-order valence-electron chi connectivity index (χ4n) is 4.92. The zero-order valence-electron chi connectivity index (χ0n) is 16.4. The number of benzene rings is 1. The first-order valence-electron chi connectivity index (χ1n) is 10.1. The fourth-order valence-corrected chi connectivity index (χ4v) is 5.03. The molecule has 0 saturated heterocycles. The predicted octanol–water partition coefficient (Wildman–Crippen LogP) is 5.10. The first-order valence-corrected chi connectivity index (χ1v) is 10.5. The fraction of sp³-hybridized carbons (Fsp3) is 0.348. The number of amides is 1. The topological polar surface area (TPSA) is 64.1 Å². The number of ether oxygens (including phenoxy) is 1. The van der Waals surface area contributed by atoms with Gasteiger partial charge in [-0.25, -0.2) is 9.37 Å². The van der Waals surface area contributed by atoms with Crippen molar-refractivity contribution in [2.45, 2.75) is 25.9 Å². The van der Waals surface area contributed by atoms with E-state index in [1.807, 2.05) is 6.92 Å². The summed E-state index contributed by atoms with van der Waals surface area (Å²) in [5.41, 5.74) is 0.719. The Hall–Kier alpha value is -2.73. The van der Waals surface area contributed by atoms with Gasteiger partial charge in [-0.1, -0.05) is 18.5 Å². The molecule has 1 aromatic carbocycles. The molecule has 154 valence electrons. The number of anilines is 1. The minimum Gasteiger partial charge on any atom is -0.490 e. The Morgan fingerprint density at radius 1 is 1.20 bits per heavy atom. The minimum atomic E-state index is -0.301. The second-order valence-corrected chi connectivity index (χ2v) is 8.66. The molecule has 7 heteroatoms. The summed E-state index contributed by atoms with van der Waals surface area (Å²) >= 11 is 5.84. The maximum atomic E-state index is 13.7. The van der Waals surface area contributed by atoms with Crippen LogP contribution in [0.4, 0.5) is 10.2 Å². The standard InChI is InChI=1S/C23H21ClFN3O2/c1-12(23(29)28-21-5-2-13(24)11-27-21)22-16-9-15(10-17(16)22)30-20-6-7-26-19-4-3-14(25)8-18(19)20/h2-8,11-12,15-17,22H,9-10H2,1H3,(H,27,28,29)/t12?,15?,16-,17+,22?. The molecule has 2 fully saturated rings. The van der Waals surface area contributed by atoms with Gasteiger partial charge in [0.2, 0.25) is 5.91 Å². The predicted molar refractivity (Wildman–Crippen MR) is 113 cm³/mol. The van der Waals surface area contributed by atoms with Crippen LogP contribution in [-0.4, -0.2) is 22.0 Å². The van der Waals surface area contributed by atoms with Crippen molar-refractivity contribution in [2.24, 2.45) is 23.7 Å². The van der Waals surface area contributed by atoms with E-state index >= 15 is 0 Å². The lowest BCUT2D eigenvalue weighted by Crippen LogP contribution is -2.26. The number of nitrogens with one attached hydrogen (secondary N) is 1. The van der Waals surface area contributed by atoms with Gasteiger partial charge in [0.25, 0.3) is 0 Å². The molecule has 3 unspecified atom stereocenters. The Kier molecular flexibility index (Phi) is 4.82. The van der Waals surface area contributed by atoms with Crippen molar-refractivity contribution in [3.63, 3.8) is 0 Å². The monoisotopic (exact) mass is 425 g/mol. The molecule has 2 aliphatic carbocycles. The van der Waals surface area contributed by atoms with Crippen molar-refractivity contribution < 1.29 is 13.9 Å². The molecular formula is C23H21ClFN3O2. The van der Waals surface area contributed by atoms with Crippen LogP contribution in [0.2, 0.25) is 5.02 Å². The van der Waals surface area contributed by atoms with Gasteiger partial charge >= 0.3 is 0 Å². The highest BCUT2D eigenvalue weighted by Crippen LogP contribution is 2.61. The normalized spacial score (nSPS) is 25.6. The average molecular weight is 426 g/mol. The number of carbonyl (C=O) groups is 1. The van der Waals surface area contributed by atoms with E-state index in [9.17, 15) is 9.18 Å². The summed E-state index contributed by atoms with van der Waals surface area (Å²) in [6.45, 7) is 1.98. The van der Waals surface area contributed by atoms with Crippen molar-refractivity contribution in [3.05, 3.63) is 59.6 Å². The SMILES string of the molecule is CC(C(=O)Nc1ccc(Cl)cn1)C1[C@H]2CC(Oc3ccnc4ccc(F)cc34)C[C@@H]12. The van der Waals surface area contributed by atoms with Gasteiger partial charge in [0.15, 0.2) is 0 Å². The van der Waals surface area contributed by atoms with Crippen molar-refractivity contribution in [1.29, 1.82) is 0 Å². The van der Waals surface area contributed by atoms with Crippen LogP contribution in [0, 0.1) is 29.5 Å². The van der Waals surface area contributed by atoms with Crippen molar-refractivity contribution in [3.8, 4) is 5.75 Å². The van der Waals surface area contributed by atoms with E-state index in [-0.39, 0.29) is 23.7 Å². The largest absolute Gasteiger partial charge is 0.490 e. The number of nitrogens with zero attached hydrogens (tertiary/aromatic N) is 2. The highest BCUT2D eigenvalue weighted by atomic mass is 35.5. The molecule has 5 rings (SSSR count). The molecule has 0 aliphatic heterocycles. The number of fused-ring (bicyclic) bond motifs is 2. The lowest BCUT2D eigenvalue weighted by molar-refractivity contribution is -0.120. The summed E-state index contributed by atoms with van der Waals surface area (Å²) < 4.78 is 19.9. The van der Waals surface area contributed by atoms with E-state index in [2.05, 4.69) is 15.3 Å². The molecule has 0 bridgehead atoms.